The predicted molar refractivity (Wildman–Crippen MR) is 259 cm³/mol. The number of likely N-dealkylation sites (N-methyl/N-ethyl adjacent to an activating group) is 1. The lowest BCUT2D eigenvalue weighted by molar-refractivity contribution is -0.459. The van der Waals surface area contributed by atoms with E-state index in [-0.39, 0.29) is 34.0 Å². The molecule has 3 unspecified atom stereocenters. The van der Waals surface area contributed by atoms with E-state index in [0.717, 1.165) is 57.8 Å². The Morgan fingerprint density at radius 1 is 0.812 bits per heavy atom. The Balaban J connectivity index is 1.16. The van der Waals surface area contributed by atoms with Gasteiger partial charge in [0.05, 0.1) is 17.4 Å². The molecule has 3 aliphatic heterocycles. The van der Waals surface area contributed by atoms with Gasteiger partial charge in [-0.15, -0.1) is 0 Å². The molecule has 0 radical (unpaired) electrons. The lowest BCUT2D eigenvalue weighted by Crippen LogP contribution is -2.66. The van der Waals surface area contributed by atoms with Gasteiger partial charge < -0.3 is 14.9 Å². The molecule has 1 fully saturated rings. The zero-order valence-corrected chi connectivity index (χ0v) is 39.0. The Bertz CT molecular complexity index is 2710. The summed E-state index contributed by atoms with van der Waals surface area (Å²) in [5, 5.41) is 14.9. The van der Waals surface area contributed by atoms with E-state index in [9.17, 15) is 19.5 Å². The van der Waals surface area contributed by atoms with E-state index in [1.54, 1.807) is 9.80 Å². The first kappa shape index (κ1) is 44.6. The number of carbonyl (C=O) groups excluding carboxylic acids is 3. The van der Waals surface area contributed by atoms with Crippen LogP contribution in [0.25, 0.3) is 0 Å². The van der Waals surface area contributed by atoms with Crippen LogP contribution < -0.4 is 10.0 Å². The molecule has 4 aromatic rings. The molecule has 0 spiro atoms. The summed E-state index contributed by atoms with van der Waals surface area (Å²) >= 11 is 5.73. The molecule has 8 rings (SSSR count). The topological polar surface area (TPSA) is 87.0 Å². The summed E-state index contributed by atoms with van der Waals surface area (Å²) in [5.74, 6) is -1.22. The van der Waals surface area contributed by atoms with Crippen LogP contribution in [0.5, 0.6) is 0 Å². The van der Waals surface area contributed by atoms with Crippen LogP contribution in [-0.2, 0) is 15.6 Å². The number of allylic oxidation sites excluding steroid dienone is 6. The highest BCUT2D eigenvalue weighted by Crippen LogP contribution is 2.46. The van der Waals surface area contributed by atoms with Gasteiger partial charge in [-0.05, 0) is 118 Å². The van der Waals surface area contributed by atoms with Crippen molar-refractivity contribution in [1.82, 2.24) is 9.80 Å². The van der Waals surface area contributed by atoms with Gasteiger partial charge in [0.15, 0.2) is 22.4 Å². The Kier molecular flexibility index (Phi) is 12.2. The number of benzene rings is 4. The van der Waals surface area contributed by atoms with Crippen LogP contribution in [0.3, 0.4) is 0 Å². The van der Waals surface area contributed by atoms with Gasteiger partial charge in [-0.25, -0.2) is 0 Å². The maximum atomic E-state index is 14.6. The third-order valence-electron chi connectivity index (χ3n) is 14.0. The number of amides is 1. The number of hydrogen-bond acceptors (Lipinski definition) is 6. The van der Waals surface area contributed by atoms with Crippen molar-refractivity contribution in [3.63, 3.8) is 0 Å². The number of ketones is 2. The van der Waals surface area contributed by atoms with Gasteiger partial charge in [0.2, 0.25) is 11.6 Å². The monoisotopic (exact) mass is 870 g/mol. The lowest BCUT2D eigenvalue weighted by Gasteiger charge is -2.51. The third kappa shape index (κ3) is 7.62. The normalized spacial score (nSPS) is 22.4. The summed E-state index contributed by atoms with van der Waals surface area (Å²) in [6, 6.07) is 30.7. The third-order valence-corrected chi connectivity index (χ3v) is 14.5. The van der Waals surface area contributed by atoms with E-state index in [1.165, 1.54) is 0 Å². The van der Waals surface area contributed by atoms with Crippen LogP contribution in [-0.4, -0.2) is 82.1 Å². The molecule has 0 N–H and O–H groups in total. The number of rotatable bonds is 11. The minimum absolute atomic E-state index is 0.000522. The Morgan fingerprint density at radius 2 is 1.42 bits per heavy atom. The average molecular weight is 871 g/mol. The van der Waals surface area contributed by atoms with Crippen LogP contribution in [0, 0.1) is 5.92 Å². The maximum absolute atomic E-state index is 14.6. The van der Waals surface area contributed by atoms with Crippen molar-refractivity contribution in [2.45, 2.75) is 83.9 Å². The van der Waals surface area contributed by atoms with Crippen LogP contribution in [0.15, 0.2) is 144 Å². The number of fused-ring (bicyclic) bond motifs is 2. The van der Waals surface area contributed by atoms with Gasteiger partial charge in [0.1, 0.15) is 7.05 Å². The molecule has 3 heterocycles. The quantitative estimate of drug-likeness (QED) is 0.0845. The minimum Gasteiger partial charge on any atom is -0.835 e. The first-order chi connectivity index (χ1) is 30.6. The number of nitrogens with zero attached hydrogens (tertiary/aromatic N) is 4. The standard InChI is InChI=1S/C55H58N4O4S/c1-9-58-51(62)48(52(63)59(10-2)53(58)64)47-35(25-18-26-45-54(3,4)41-33-39(27-30-43(41)56(45)7)49(60)37-19-13-11-14-20-37)23-17-24-36(47)29-32-46-55(5,6)42-34-40(28-31-44(42)57(46)8)50(61)38-21-15-12-16-22-38/h11-16,18-22,25-34,45,48,51H,9-10,17,23-24H2,1-8H3/b26-18+,32-29+,35-25+. The number of anilines is 1. The largest absolute Gasteiger partial charge is 0.835 e. The van der Waals surface area contributed by atoms with E-state index in [2.05, 4.69) is 87.7 Å². The highest BCUT2D eigenvalue weighted by atomic mass is 32.1. The summed E-state index contributed by atoms with van der Waals surface area (Å²) in [6.07, 6.45) is 11.6. The van der Waals surface area contributed by atoms with E-state index < -0.39 is 17.6 Å². The molecule has 4 aliphatic rings. The molecular formula is C55H58N4O4S. The molecule has 0 bridgehead atoms. The fourth-order valence-electron chi connectivity index (χ4n) is 10.5. The van der Waals surface area contributed by atoms with Gasteiger partial charge in [-0.3, -0.25) is 19.3 Å². The Morgan fingerprint density at radius 3 is 2.03 bits per heavy atom. The molecule has 3 atom stereocenters. The molecule has 9 heteroatoms. The molecule has 8 nitrogen and oxygen atoms in total. The fourth-order valence-corrected chi connectivity index (χ4v) is 11.0. The molecule has 0 aromatic heterocycles. The molecule has 4 aromatic carbocycles. The van der Waals surface area contributed by atoms with Crippen molar-refractivity contribution in [2.24, 2.45) is 5.92 Å². The second-order valence-electron chi connectivity index (χ2n) is 18.4. The highest BCUT2D eigenvalue weighted by molar-refractivity contribution is 7.80. The Hall–Kier alpha value is -6.03. The summed E-state index contributed by atoms with van der Waals surface area (Å²) in [4.78, 5) is 47.0. The van der Waals surface area contributed by atoms with Gasteiger partial charge in [-0.2, -0.15) is 4.58 Å². The van der Waals surface area contributed by atoms with Crippen molar-refractivity contribution < 1.29 is 24.1 Å². The first-order valence-electron chi connectivity index (χ1n) is 22.5. The summed E-state index contributed by atoms with van der Waals surface area (Å²) in [5.41, 5.74) is 9.94. The van der Waals surface area contributed by atoms with Crippen molar-refractivity contribution in [2.75, 3.05) is 32.1 Å². The van der Waals surface area contributed by atoms with Crippen molar-refractivity contribution in [1.29, 1.82) is 0 Å². The fraction of sp³-hybridized carbons (Fsp3) is 0.327. The second-order valence-corrected chi connectivity index (χ2v) is 18.8. The molecule has 1 saturated heterocycles. The van der Waals surface area contributed by atoms with Gasteiger partial charge in [0, 0.05) is 71.2 Å². The molecule has 64 heavy (non-hydrogen) atoms. The highest BCUT2D eigenvalue weighted by Gasteiger charge is 2.45. The van der Waals surface area contributed by atoms with Gasteiger partial charge in [0.25, 0.3) is 0 Å². The van der Waals surface area contributed by atoms with E-state index in [1.807, 2.05) is 105 Å². The maximum Gasteiger partial charge on any atom is 0.236 e. The predicted octanol–water partition coefficient (Wildman–Crippen LogP) is 9.24. The average Bonchev–Trinajstić information content (AvgIpc) is 3.61. The molecular weight excluding hydrogens is 813 g/mol. The summed E-state index contributed by atoms with van der Waals surface area (Å²) < 4.78 is 2.18. The number of carbonyl (C=O) groups is 3. The van der Waals surface area contributed by atoms with Crippen molar-refractivity contribution in [3.8, 4) is 0 Å². The summed E-state index contributed by atoms with van der Waals surface area (Å²) in [7, 11) is 4.14. The molecule has 1 aliphatic carbocycles. The van der Waals surface area contributed by atoms with Gasteiger partial charge in [-0.1, -0.05) is 98.8 Å². The van der Waals surface area contributed by atoms with Crippen molar-refractivity contribution in [3.05, 3.63) is 178 Å². The van der Waals surface area contributed by atoms with E-state index in [0.29, 0.717) is 41.8 Å². The first-order valence-corrected chi connectivity index (χ1v) is 22.9. The lowest BCUT2D eigenvalue weighted by atomic mass is 9.76. The van der Waals surface area contributed by atoms with Crippen LogP contribution in [0.1, 0.15) is 104 Å². The second kappa shape index (κ2) is 17.5. The van der Waals surface area contributed by atoms with Crippen LogP contribution >= 0.6 is 12.2 Å². The zero-order valence-electron chi connectivity index (χ0n) is 38.2. The van der Waals surface area contributed by atoms with Crippen LogP contribution in [0.4, 0.5) is 11.4 Å². The molecule has 0 saturated carbocycles. The smallest absolute Gasteiger partial charge is 0.236 e. The van der Waals surface area contributed by atoms with E-state index in [4.69, 9.17) is 12.2 Å². The zero-order chi connectivity index (χ0) is 45.7. The van der Waals surface area contributed by atoms with Gasteiger partial charge >= 0.3 is 0 Å². The number of hydrogen-bond donors (Lipinski definition) is 0. The minimum atomic E-state index is -1.37. The summed E-state index contributed by atoms with van der Waals surface area (Å²) in [6.45, 7) is 13.4. The number of thiocarbonyl (C=S) groups is 1. The van der Waals surface area contributed by atoms with Crippen molar-refractivity contribution >= 4 is 51.9 Å². The SMILES string of the molecule is CCN1C(=O)C(C2=C(/C=C/C3=[N+](C)c4ccc(C(=O)c5ccccc5)cc4C3(C)C)CCC/C2=C\C=C\C2N(C)c3ccc(C(=O)c4ccccc4)cc3C2(C)C)C([O-])N(CC)C1=S. The molecule has 1 amide bonds. The molecule has 328 valence electrons. The van der Waals surface area contributed by atoms with Crippen LogP contribution in [0.2, 0.25) is 0 Å². The van der Waals surface area contributed by atoms with E-state index >= 15 is 0 Å². The Labute approximate surface area is 383 Å².